The van der Waals surface area contributed by atoms with E-state index in [1.54, 1.807) is 13.8 Å². The van der Waals surface area contributed by atoms with Crippen molar-refractivity contribution < 1.29 is 29.4 Å². The second-order valence-electron chi connectivity index (χ2n) is 5.81. The number of carbonyl (C=O) groups excluding carboxylic acids is 2. The van der Waals surface area contributed by atoms with E-state index >= 15 is 0 Å². The van der Waals surface area contributed by atoms with Gasteiger partial charge in [0.15, 0.2) is 0 Å². The Morgan fingerprint density at radius 1 is 1.04 bits per heavy atom. The van der Waals surface area contributed by atoms with E-state index in [9.17, 15) is 19.2 Å². The first-order valence-electron chi connectivity index (χ1n) is 7.50. The number of carbonyl (C=O) groups is 4. The lowest BCUT2D eigenvalue weighted by molar-refractivity contribution is -0.143. The minimum atomic E-state index is -1.20. The van der Waals surface area contributed by atoms with Crippen molar-refractivity contribution in [1.82, 2.24) is 10.6 Å². The van der Waals surface area contributed by atoms with Gasteiger partial charge in [0.05, 0.1) is 6.04 Å². The first-order valence-corrected chi connectivity index (χ1v) is 8.13. The molecule has 9 nitrogen and oxygen atoms in total. The predicted molar refractivity (Wildman–Crippen MR) is 89.7 cm³/mol. The lowest BCUT2D eigenvalue weighted by atomic mass is 10.0. The Hall–Kier alpha value is -1.81. The molecule has 2 amide bonds. The predicted octanol–water partition coefficient (Wildman–Crippen LogP) is -0.791. The molecule has 0 aliphatic carbocycles. The van der Waals surface area contributed by atoms with Crippen LogP contribution < -0.4 is 16.4 Å². The molecule has 3 atom stereocenters. The van der Waals surface area contributed by atoms with E-state index in [4.69, 9.17) is 15.9 Å². The second-order valence-corrected chi connectivity index (χ2v) is 6.18. The molecule has 0 aromatic heterocycles. The van der Waals surface area contributed by atoms with E-state index in [0.717, 1.165) is 0 Å². The first-order chi connectivity index (χ1) is 11.1. The summed E-state index contributed by atoms with van der Waals surface area (Å²) in [4.78, 5) is 46.0. The van der Waals surface area contributed by atoms with E-state index in [-0.39, 0.29) is 30.9 Å². The van der Waals surface area contributed by atoms with Crippen LogP contribution in [0, 0.1) is 5.92 Å². The zero-order valence-electron chi connectivity index (χ0n) is 13.7. The number of thiol groups is 1. The quantitative estimate of drug-likeness (QED) is 0.262. The van der Waals surface area contributed by atoms with Crippen molar-refractivity contribution in [2.45, 2.75) is 51.2 Å². The topological polar surface area (TPSA) is 159 Å². The fourth-order valence-corrected chi connectivity index (χ4v) is 2.03. The van der Waals surface area contributed by atoms with Gasteiger partial charge in [-0.15, -0.1) is 0 Å². The molecule has 0 fully saturated rings. The fourth-order valence-electron chi connectivity index (χ4n) is 1.86. The van der Waals surface area contributed by atoms with Crippen molar-refractivity contribution in [2.24, 2.45) is 11.7 Å². The van der Waals surface area contributed by atoms with Crippen LogP contribution in [-0.2, 0) is 19.2 Å². The van der Waals surface area contributed by atoms with Gasteiger partial charge in [-0.3, -0.25) is 14.4 Å². The van der Waals surface area contributed by atoms with Crippen LogP contribution in [0.4, 0.5) is 0 Å². The smallest absolute Gasteiger partial charge is 0.326 e. The van der Waals surface area contributed by atoms with Crippen LogP contribution in [0.25, 0.3) is 0 Å². The molecule has 0 spiro atoms. The molecule has 6 N–H and O–H groups in total. The monoisotopic (exact) mass is 363 g/mol. The van der Waals surface area contributed by atoms with E-state index < -0.39 is 41.9 Å². The Bertz CT molecular complexity index is 471. The number of carboxylic acids is 2. The number of carboxylic acid groups (broad SMARTS) is 2. The summed E-state index contributed by atoms with van der Waals surface area (Å²) in [5.41, 5.74) is 5.51. The normalized spacial score (nSPS) is 14.5. The van der Waals surface area contributed by atoms with E-state index in [1.165, 1.54) is 0 Å². The van der Waals surface area contributed by atoms with Gasteiger partial charge >= 0.3 is 11.9 Å². The van der Waals surface area contributed by atoms with Crippen molar-refractivity contribution in [1.29, 1.82) is 0 Å². The maximum absolute atomic E-state index is 12.3. The van der Waals surface area contributed by atoms with Crippen LogP contribution in [0.15, 0.2) is 0 Å². The minimum absolute atomic E-state index is 0.0241. The highest BCUT2D eigenvalue weighted by atomic mass is 32.1. The average molecular weight is 363 g/mol. The summed E-state index contributed by atoms with van der Waals surface area (Å²) >= 11 is 3.88. The summed E-state index contributed by atoms with van der Waals surface area (Å²) in [5, 5.41) is 22.6. The average Bonchev–Trinajstić information content (AvgIpc) is 2.48. The largest absolute Gasteiger partial charge is 0.481 e. The van der Waals surface area contributed by atoms with Gasteiger partial charge in [0.1, 0.15) is 12.1 Å². The molecule has 0 rings (SSSR count). The summed E-state index contributed by atoms with van der Waals surface area (Å²) in [5.74, 6) is -3.69. The van der Waals surface area contributed by atoms with Crippen molar-refractivity contribution in [3.63, 3.8) is 0 Å². The van der Waals surface area contributed by atoms with E-state index in [2.05, 4.69) is 23.3 Å². The Balaban J connectivity index is 5.02. The highest BCUT2D eigenvalue weighted by Crippen LogP contribution is 2.07. The molecule has 0 saturated carbocycles. The van der Waals surface area contributed by atoms with Gasteiger partial charge in [0.25, 0.3) is 0 Å². The summed E-state index contributed by atoms with van der Waals surface area (Å²) < 4.78 is 0. The van der Waals surface area contributed by atoms with Gasteiger partial charge in [-0.25, -0.2) is 4.79 Å². The zero-order valence-corrected chi connectivity index (χ0v) is 14.6. The second kappa shape index (κ2) is 10.9. The van der Waals surface area contributed by atoms with Gasteiger partial charge in [-0.05, 0) is 18.8 Å². The van der Waals surface area contributed by atoms with E-state index in [0.29, 0.717) is 0 Å². The summed E-state index contributed by atoms with van der Waals surface area (Å²) in [6, 6.07) is -3.27. The van der Waals surface area contributed by atoms with Gasteiger partial charge in [-0.2, -0.15) is 12.6 Å². The van der Waals surface area contributed by atoms with Crippen LogP contribution in [0.2, 0.25) is 0 Å². The lowest BCUT2D eigenvalue weighted by Gasteiger charge is -2.23. The molecular weight excluding hydrogens is 338 g/mol. The van der Waals surface area contributed by atoms with Crippen LogP contribution in [0.1, 0.15) is 33.1 Å². The first kappa shape index (κ1) is 22.2. The number of rotatable bonds is 11. The van der Waals surface area contributed by atoms with Crippen molar-refractivity contribution in [3.05, 3.63) is 0 Å². The standard InChI is InChI=1S/C14H25N3O6S/c1-7(2)5-10(14(22)23)17-13(21)9(3-4-11(18)19)16-12(20)8(15)6-24/h7-10,24H,3-6,15H2,1-2H3,(H,16,20)(H,17,21)(H,18,19)(H,22,23)/t8-,9-,10-/m0/s1. The molecule has 10 heteroatoms. The number of nitrogens with two attached hydrogens (primary N) is 1. The molecule has 0 unspecified atom stereocenters. The van der Waals surface area contributed by atoms with Crippen LogP contribution in [0.3, 0.4) is 0 Å². The van der Waals surface area contributed by atoms with Gasteiger partial charge in [0, 0.05) is 12.2 Å². The molecule has 0 bridgehead atoms. The third-order valence-electron chi connectivity index (χ3n) is 3.14. The molecule has 0 aliphatic heterocycles. The highest BCUT2D eigenvalue weighted by molar-refractivity contribution is 7.80. The van der Waals surface area contributed by atoms with Gasteiger partial charge in [0.2, 0.25) is 11.8 Å². The molecule has 0 aromatic rings. The molecule has 0 saturated heterocycles. The summed E-state index contributed by atoms with van der Waals surface area (Å²) in [6.45, 7) is 3.61. The maximum atomic E-state index is 12.3. The Morgan fingerprint density at radius 3 is 2.00 bits per heavy atom. The highest BCUT2D eigenvalue weighted by Gasteiger charge is 2.28. The Labute approximate surface area is 145 Å². The minimum Gasteiger partial charge on any atom is -0.481 e. The number of nitrogens with one attached hydrogen (secondary N) is 2. The zero-order chi connectivity index (χ0) is 18.9. The fraction of sp³-hybridized carbons (Fsp3) is 0.714. The number of hydrogen-bond acceptors (Lipinski definition) is 6. The van der Waals surface area contributed by atoms with Gasteiger partial charge < -0.3 is 26.6 Å². The van der Waals surface area contributed by atoms with Crippen LogP contribution in [0.5, 0.6) is 0 Å². The van der Waals surface area contributed by atoms with Crippen molar-refractivity contribution in [3.8, 4) is 0 Å². The third kappa shape index (κ3) is 8.73. The SMILES string of the molecule is CC(C)C[C@H](NC(=O)[C@H](CCC(=O)O)NC(=O)[C@@H](N)CS)C(=O)O. The molecule has 0 aromatic carbocycles. The van der Waals surface area contributed by atoms with E-state index in [1.807, 2.05) is 0 Å². The molecule has 0 heterocycles. The van der Waals surface area contributed by atoms with Gasteiger partial charge in [-0.1, -0.05) is 13.8 Å². The third-order valence-corrected chi connectivity index (χ3v) is 3.53. The molecule has 0 radical (unpaired) electrons. The van der Waals surface area contributed by atoms with Crippen LogP contribution >= 0.6 is 12.6 Å². The van der Waals surface area contributed by atoms with Crippen LogP contribution in [-0.4, -0.2) is 57.8 Å². The summed E-state index contributed by atoms with van der Waals surface area (Å²) in [7, 11) is 0. The number of aliphatic carboxylic acids is 2. The lowest BCUT2D eigenvalue weighted by Crippen LogP contribution is -2.55. The van der Waals surface area contributed by atoms with Crippen molar-refractivity contribution in [2.75, 3.05) is 5.75 Å². The summed E-state index contributed by atoms with van der Waals surface area (Å²) in [6.07, 6.45) is -0.340. The molecule has 24 heavy (non-hydrogen) atoms. The Kier molecular flexibility index (Phi) is 10.0. The number of hydrogen-bond donors (Lipinski definition) is 6. The number of amides is 2. The molecule has 0 aliphatic rings. The maximum Gasteiger partial charge on any atom is 0.326 e. The Morgan fingerprint density at radius 2 is 1.58 bits per heavy atom. The molecular formula is C14H25N3O6S. The molecule has 138 valence electrons. The van der Waals surface area contributed by atoms with Crippen molar-refractivity contribution >= 4 is 36.4 Å².